The van der Waals surface area contributed by atoms with E-state index in [1.165, 1.54) is 12.1 Å². The molecule has 2 aliphatic carbocycles. The zero-order chi connectivity index (χ0) is 14.1. The minimum Gasteiger partial charge on any atom is -0.393 e. The fourth-order valence-corrected chi connectivity index (χ4v) is 4.17. The van der Waals surface area contributed by atoms with Crippen molar-refractivity contribution in [3.8, 4) is 0 Å². The molecule has 20 heavy (non-hydrogen) atoms. The molecule has 4 nitrogen and oxygen atoms in total. The number of likely N-dealkylation sites (tertiary alicyclic amines) is 1. The van der Waals surface area contributed by atoms with Gasteiger partial charge >= 0.3 is 0 Å². The van der Waals surface area contributed by atoms with Crippen molar-refractivity contribution < 1.29 is 9.90 Å². The Hall–Kier alpha value is -0.870. The van der Waals surface area contributed by atoms with Gasteiger partial charge in [-0.2, -0.15) is 0 Å². The smallest absolute Gasteiger partial charge is 0.240 e. The summed E-state index contributed by atoms with van der Waals surface area (Å²) >= 11 is 0. The Morgan fingerprint density at radius 3 is 2.95 bits per heavy atom. The molecule has 2 fully saturated rings. The molecular weight excluding hydrogens is 252 g/mol. The Labute approximate surface area is 121 Å². The molecular formula is C16H26N2O2. The molecule has 3 atom stereocenters. The van der Waals surface area contributed by atoms with Gasteiger partial charge in [-0.1, -0.05) is 6.08 Å². The molecule has 3 unspecified atom stereocenters. The van der Waals surface area contributed by atoms with Crippen molar-refractivity contribution in [2.75, 3.05) is 26.2 Å². The van der Waals surface area contributed by atoms with Crippen LogP contribution in [-0.4, -0.2) is 53.1 Å². The van der Waals surface area contributed by atoms with Gasteiger partial charge in [-0.25, -0.2) is 0 Å². The molecule has 3 aliphatic rings. The molecule has 1 saturated heterocycles. The minimum atomic E-state index is -0.139. The number of nitrogens with zero attached hydrogens (tertiary/aromatic N) is 2. The number of fused-ring (bicyclic) bond motifs is 1. The quantitative estimate of drug-likeness (QED) is 0.849. The van der Waals surface area contributed by atoms with E-state index in [9.17, 15) is 9.90 Å². The summed E-state index contributed by atoms with van der Waals surface area (Å²) < 4.78 is 0. The molecule has 1 saturated carbocycles. The number of hydrogen-bond acceptors (Lipinski definition) is 3. The average Bonchev–Trinajstić information content (AvgIpc) is 3.11. The number of hydrogen-bond donors (Lipinski definition) is 1. The van der Waals surface area contributed by atoms with E-state index in [-0.39, 0.29) is 12.0 Å². The van der Waals surface area contributed by atoms with Crippen LogP contribution < -0.4 is 0 Å². The van der Waals surface area contributed by atoms with Gasteiger partial charge in [-0.3, -0.25) is 9.69 Å². The fourth-order valence-electron chi connectivity index (χ4n) is 4.17. The number of amides is 1. The molecule has 1 heterocycles. The van der Waals surface area contributed by atoms with Gasteiger partial charge in [0.25, 0.3) is 0 Å². The van der Waals surface area contributed by atoms with Crippen LogP contribution >= 0.6 is 0 Å². The van der Waals surface area contributed by atoms with Crippen LogP contribution in [0, 0.1) is 11.8 Å². The second-order valence-corrected chi connectivity index (χ2v) is 6.49. The second-order valence-electron chi connectivity index (χ2n) is 6.49. The maximum Gasteiger partial charge on any atom is 0.240 e. The molecule has 0 aromatic heterocycles. The Morgan fingerprint density at radius 1 is 1.45 bits per heavy atom. The zero-order valence-electron chi connectivity index (χ0n) is 12.4. The molecule has 1 aliphatic heterocycles. The third-order valence-electron chi connectivity index (χ3n) is 5.23. The number of carbonyl (C=O) groups is 1. The van der Waals surface area contributed by atoms with Gasteiger partial charge in [-0.05, 0) is 44.9 Å². The lowest BCUT2D eigenvalue weighted by Gasteiger charge is -2.25. The van der Waals surface area contributed by atoms with E-state index in [0.29, 0.717) is 18.4 Å². The third kappa shape index (κ3) is 2.63. The van der Waals surface area contributed by atoms with E-state index in [2.05, 4.69) is 17.9 Å². The molecule has 112 valence electrons. The summed E-state index contributed by atoms with van der Waals surface area (Å²) in [4.78, 5) is 16.7. The summed E-state index contributed by atoms with van der Waals surface area (Å²) in [6.45, 7) is 5.23. The maximum absolute atomic E-state index is 12.5. The molecule has 1 N–H and O–H groups in total. The van der Waals surface area contributed by atoms with Crippen molar-refractivity contribution in [1.82, 2.24) is 9.80 Å². The number of aliphatic hydroxyl groups is 1. The molecule has 0 bridgehead atoms. The lowest BCUT2D eigenvalue weighted by atomic mass is 10.00. The molecule has 0 aromatic rings. The molecule has 0 radical (unpaired) electrons. The van der Waals surface area contributed by atoms with E-state index in [1.54, 1.807) is 0 Å². The van der Waals surface area contributed by atoms with Gasteiger partial charge in [0.15, 0.2) is 0 Å². The highest BCUT2D eigenvalue weighted by molar-refractivity contribution is 5.80. The topological polar surface area (TPSA) is 43.8 Å². The van der Waals surface area contributed by atoms with Gasteiger partial charge in [0.2, 0.25) is 5.91 Å². The van der Waals surface area contributed by atoms with Crippen LogP contribution in [-0.2, 0) is 4.79 Å². The van der Waals surface area contributed by atoms with Crippen molar-refractivity contribution in [1.29, 1.82) is 0 Å². The molecule has 0 aromatic carbocycles. The lowest BCUT2D eigenvalue weighted by Crippen LogP contribution is -2.39. The Balaban J connectivity index is 1.56. The number of likely N-dealkylation sites (N-methyl/N-ethyl adjacent to an activating group) is 1. The van der Waals surface area contributed by atoms with Crippen molar-refractivity contribution in [2.24, 2.45) is 11.8 Å². The van der Waals surface area contributed by atoms with E-state index in [1.807, 2.05) is 4.90 Å². The minimum absolute atomic E-state index is 0.139. The van der Waals surface area contributed by atoms with Gasteiger partial charge in [-0.15, -0.1) is 0 Å². The summed E-state index contributed by atoms with van der Waals surface area (Å²) in [6, 6.07) is 0. The summed E-state index contributed by atoms with van der Waals surface area (Å²) in [5.41, 5.74) is 1.22. The Morgan fingerprint density at radius 2 is 2.30 bits per heavy atom. The first-order valence-electron chi connectivity index (χ1n) is 8.09. The SMILES string of the molecule is CCN(C(=O)CN1CC2CCC(O)C2C1)C1=CCCC1. The van der Waals surface area contributed by atoms with Gasteiger partial charge in [0.1, 0.15) is 0 Å². The normalized spacial score (nSPS) is 33.3. The predicted octanol–water partition coefficient (Wildman–Crippen LogP) is 1.61. The highest BCUT2D eigenvalue weighted by Gasteiger charge is 2.42. The summed E-state index contributed by atoms with van der Waals surface area (Å²) in [5, 5.41) is 9.95. The number of allylic oxidation sites excluding steroid dienone is 2. The number of rotatable bonds is 4. The maximum atomic E-state index is 12.5. The van der Waals surface area contributed by atoms with E-state index < -0.39 is 0 Å². The Kier molecular flexibility index (Phi) is 4.13. The average molecular weight is 278 g/mol. The monoisotopic (exact) mass is 278 g/mol. The molecule has 1 amide bonds. The number of aliphatic hydroxyl groups excluding tert-OH is 1. The largest absolute Gasteiger partial charge is 0.393 e. The second kappa shape index (κ2) is 5.86. The summed E-state index contributed by atoms with van der Waals surface area (Å²) in [6.07, 6.45) is 7.48. The van der Waals surface area contributed by atoms with Crippen molar-refractivity contribution in [2.45, 2.75) is 45.1 Å². The highest BCUT2D eigenvalue weighted by atomic mass is 16.3. The highest BCUT2D eigenvalue weighted by Crippen LogP contribution is 2.38. The molecule has 4 heteroatoms. The first-order valence-corrected chi connectivity index (χ1v) is 8.09. The van der Waals surface area contributed by atoms with Crippen molar-refractivity contribution >= 4 is 5.91 Å². The zero-order valence-corrected chi connectivity index (χ0v) is 12.4. The van der Waals surface area contributed by atoms with Crippen LogP contribution in [0.5, 0.6) is 0 Å². The van der Waals surface area contributed by atoms with Crippen molar-refractivity contribution in [3.63, 3.8) is 0 Å². The first kappa shape index (κ1) is 14.1. The van der Waals surface area contributed by atoms with E-state index in [0.717, 1.165) is 45.3 Å². The van der Waals surface area contributed by atoms with Gasteiger partial charge in [0.05, 0.1) is 12.6 Å². The molecule has 0 spiro atoms. The summed E-state index contributed by atoms with van der Waals surface area (Å²) in [7, 11) is 0. The van der Waals surface area contributed by atoms with Crippen LogP contribution in [0.15, 0.2) is 11.8 Å². The van der Waals surface area contributed by atoms with Crippen LogP contribution in [0.2, 0.25) is 0 Å². The van der Waals surface area contributed by atoms with Crippen LogP contribution in [0.3, 0.4) is 0 Å². The van der Waals surface area contributed by atoms with Gasteiger partial charge < -0.3 is 10.0 Å². The van der Waals surface area contributed by atoms with E-state index >= 15 is 0 Å². The van der Waals surface area contributed by atoms with Crippen molar-refractivity contribution in [3.05, 3.63) is 11.8 Å². The van der Waals surface area contributed by atoms with Crippen LogP contribution in [0.1, 0.15) is 39.0 Å². The summed E-state index contributed by atoms with van der Waals surface area (Å²) in [5.74, 6) is 1.25. The van der Waals surface area contributed by atoms with Crippen LogP contribution in [0.4, 0.5) is 0 Å². The number of carbonyl (C=O) groups excluding carboxylic acids is 1. The lowest BCUT2D eigenvalue weighted by molar-refractivity contribution is -0.130. The standard InChI is InChI=1S/C16H26N2O2/c1-2-18(13-5-3-4-6-13)16(20)11-17-9-12-7-8-15(19)14(12)10-17/h5,12,14-15,19H,2-4,6-11H2,1H3. The van der Waals surface area contributed by atoms with Gasteiger partial charge in [0, 0.05) is 31.2 Å². The predicted molar refractivity (Wildman–Crippen MR) is 78.0 cm³/mol. The van der Waals surface area contributed by atoms with E-state index in [4.69, 9.17) is 0 Å². The Bertz CT molecular complexity index is 407. The first-order chi connectivity index (χ1) is 9.69. The van der Waals surface area contributed by atoms with Crippen LogP contribution in [0.25, 0.3) is 0 Å². The molecule has 3 rings (SSSR count). The fraction of sp³-hybridized carbons (Fsp3) is 0.812. The third-order valence-corrected chi connectivity index (χ3v) is 5.23.